The molecule has 4 nitrogen and oxygen atoms in total. The van der Waals surface area contributed by atoms with Crippen molar-refractivity contribution in [3.63, 3.8) is 0 Å². The fourth-order valence-corrected chi connectivity index (χ4v) is 3.68. The van der Waals surface area contributed by atoms with Crippen LogP contribution in [0, 0.1) is 11.8 Å². The summed E-state index contributed by atoms with van der Waals surface area (Å²) in [6.07, 6.45) is 15.4. The number of hydrogen-bond acceptors (Lipinski definition) is 3. The van der Waals surface area contributed by atoms with Crippen LogP contribution >= 0.6 is 0 Å². The van der Waals surface area contributed by atoms with E-state index in [0.29, 0.717) is 18.1 Å². The van der Waals surface area contributed by atoms with Gasteiger partial charge in [0.25, 0.3) is 0 Å². The molecule has 0 aliphatic heterocycles. The lowest BCUT2D eigenvalue weighted by molar-refractivity contribution is -0.137. The van der Waals surface area contributed by atoms with Crippen molar-refractivity contribution in [2.75, 3.05) is 0 Å². The monoisotopic (exact) mass is 352 g/mol. The predicted octanol–water partition coefficient (Wildman–Crippen LogP) is 4.89. The van der Waals surface area contributed by atoms with E-state index in [2.05, 4.69) is 13.0 Å². The molecule has 0 aromatic carbocycles. The number of carbonyl (C=O) groups excluding carboxylic acids is 1. The molecule has 1 fully saturated rings. The zero-order valence-corrected chi connectivity index (χ0v) is 15.8. The Labute approximate surface area is 152 Å². The van der Waals surface area contributed by atoms with Crippen LogP contribution in [0.4, 0.5) is 0 Å². The lowest BCUT2D eigenvalue weighted by atomic mass is 9.89. The van der Waals surface area contributed by atoms with E-state index in [1.165, 1.54) is 0 Å². The van der Waals surface area contributed by atoms with Crippen LogP contribution < -0.4 is 0 Å². The second-order valence-electron chi connectivity index (χ2n) is 7.42. The van der Waals surface area contributed by atoms with E-state index < -0.39 is 5.97 Å². The van der Waals surface area contributed by atoms with E-state index in [9.17, 15) is 14.7 Å². The number of hydrogen-bond donors (Lipinski definition) is 2. The Balaban J connectivity index is 2.24. The molecule has 1 rings (SSSR count). The van der Waals surface area contributed by atoms with Crippen LogP contribution in [0.3, 0.4) is 0 Å². The maximum Gasteiger partial charge on any atom is 0.303 e. The van der Waals surface area contributed by atoms with Crippen LogP contribution in [-0.2, 0) is 9.59 Å². The summed E-state index contributed by atoms with van der Waals surface area (Å²) in [5.41, 5.74) is 0. The van der Waals surface area contributed by atoms with Crippen molar-refractivity contribution in [1.82, 2.24) is 0 Å². The average molecular weight is 353 g/mol. The first-order valence-electron chi connectivity index (χ1n) is 10.2. The third kappa shape index (κ3) is 9.78. The number of rotatable bonds is 14. The van der Waals surface area contributed by atoms with Crippen LogP contribution in [0.15, 0.2) is 12.2 Å². The minimum Gasteiger partial charge on any atom is -0.481 e. The molecule has 0 aromatic heterocycles. The number of aliphatic hydroxyl groups is 1. The first-order chi connectivity index (χ1) is 12.0. The molecule has 144 valence electrons. The van der Waals surface area contributed by atoms with E-state index in [1.807, 2.05) is 6.08 Å². The molecule has 0 amide bonds. The maximum absolute atomic E-state index is 12.1. The summed E-state index contributed by atoms with van der Waals surface area (Å²) < 4.78 is 0. The molecule has 0 aromatic rings. The highest BCUT2D eigenvalue weighted by Gasteiger charge is 2.32. The molecule has 0 bridgehead atoms. The smallest absolute Gasteiger partial charge is 0.303 e. The molecule has 0 heterocycles. The van der Waals surface area contributed by atoms with Crippen molar-refractivity contribution in [1.29, 1.82) is 0 Å². The van der Waals surface area contributed by atoms with Gasteiger partial charge in [-0.3, -0.25) is 9.59 Å². The zero-order chi connectivity index (χ0) is 18.5. The molecular weight excluding hydrogens is 316 g/mol. The van der Waals surface area contributed by atoms with Crippen LogP contribution in [0.25, 0.3) is 0 Å². The van der Waals surface area contributed by atoms with E-state index >= 15 is 0 Å². The summed E-state index contributed by atoms with van der Waals surface area (Å²) >= 11 is 0. The van der Waals surface area contributed by atoms with Crippen molar-refractivity contribution in [3.05, 3.63) is 12.2 Å². The Kier molecular flexibility index (Phi) is 11.5. The van der Waals surface area contributed by atoms with Crippen LogP contribution in [0.5, 0.6) is 0 Å². The molecule has 1 aliphatic carbocycles. The van der Waals surface area contributed by atoms with E-state index in [1.54, 1.807) is 0 Å². The van der Waals surface area contributed by atoms with Crippen LogP contribution in [0.2, 0.25) is 0 Å². The van der Waals surface area contributed by atoms with Crippen molar-refractivity contribution in [2.24, 2.45) is 11.8 Å². The summed E-state index contributed by atoms with van der Waals surface area (Å²) in [4.78, 5) is 22.6. The van der Waals surface area contributed by atoms with Gasteiger partial charge in [0.1, 0.15) is 5.78 Å². The molecule has 1 saturated carbocycles. The molecule has 3 atom stereocenters. The van der Waals surface area contributed by atoms with Gasteiger partial charge in [0.05, 0.1) is 6.10 Å². The highest BCUT2D eigenvalue weighted by molar-refractivity contribution is 5.83. The molecule has 2 N–H and O–H groups in total. The van der Waals surface area contributed by atoms with Gasteiger partial charge in [-0.1, -0.05) is 64.0 Å². The lowest BCUT2D eigenvalue weighted by Crippen LogP contribution is -2.14. The average Bonchev–Trinajstić information content (AvgIpc) is 2.92. The summed E-state index contributed by atoms with van der Waals surface area (Å²) in [6.45, 7) is 2.16. The fourth-order valence-electron chi connectivity index (χ4n) is 3.68. The summed E-state index contributed by atoms with van der Waals surface area (Å²) in [5.74, 6) is 0.0718. The summed E-state index contributed by atoms with van der Waals surface area (Å²) in [6, 6.07) is 0. The van der Waals surface area contributed by atoms with Crippen molar-refractivity contribution >= 4 is 11.8 Å². The Morgan fingerprint density at radius 1 is 1.16 bits per heavy atom. The van der Waals surface area contributed by atoms with E-state index in [0.717, 1.165) is 70.6 Å². The second-order valence-corrected chi connectivity index (χ2v) is 7.42. The maximum atomic E-state index is 12.1. The third-order valence-corrected chi connectivity index (χ3v) is 5.24. The third-order valence-electron chi connectivity index (χ3n) is 5.24. The number of aliphatic hydroxyl groups excluding tert-OH is 1. The van der Waals surface area contributed by atoms with E-state index in [-0.39, 0.29) is 18.4 Å². The molecule has 25 heavy (non-hydrogen) atoms. The Hall–Kier alpha value is -1.16. The fraction of sp³-hybridized carbons (Fsp3) is 0.810. The highest BCUT2D eigenvalue weighted by atomic mass is 16.4. The Morgan fingerprint density at radius 3 is 2.60 bits per heavy atom. The van der Waals surface area contributed by atoms with Crippen molar-refractivity contribution in [3.8, 4) is 0 Å². The molecule has 0 radical (unpaired) electrons. The van der Waals surface area contributed by atoms with E-state index in [4.69, 9.17) is 5.11 Å². The van der Waals surface area contributed by atoms with Gasteiger partial charge >= 0.3 is 5.97 Å². The van der Waals surface area contributed by atoms with Crippen molar-refractivity contribution in [2.45, 2.75) is 96.5 Å². The first kappa shape index (κ1) is 21.9. The topological polar surface area (TPSA) is 74.6 Å². The van der Waals surface area contributed by atoms with Crippen LogP contribution in [0.1, 0.15) is 90.4 Å². The minimum atomic E-state index is -0.719. The minimum absolute atomic E-state index is 0.123. The van der Waals surface area contributed by atoms with Crippen LogP contribution in [-0.4, -0.2) is 28.1 Å². The number of ketones is 1. The quantitative estimate of drug-likeness (QED) is 0.344. The first-order valence-corrected chi connectivity index (χ1v) is 10.2. The lowest BCUT2D eigenvalue weighted by Gasteiger charge is -2.15. The van der Waals surface area contributed by atoms with Gasteiger partial charge in [0.15, 0.2) is 0 Å². The van der Waals surface area contributed by atoms with Gasteiger partial charge in [-0.25, -0.2) is 0 Å². The van der Waals surface area contributed by atoms with Gasteiger partial charge < -0.3 is 10.2 Å². The Bertz CT molecular complexity index is 416. The number of Topliss-reactive ketones (excluding diaryl/α,β-unsaturated/α-hetero) is 1. The van der Waals surface area contributed by atoms with Gasteiger partial charge in [0, 0.05) is 18.8 Å². The Morgan fingerprint density at radius 2 is 1.88 bits per heavy atom. The molecule has 0 spiro atoms. The normalized spacial score (nSPS) is 21.9. The SMILES string of the molecule is CCCCCC(O)C=CC1CCC(=O)C1CCCCCCCC(=O)O. The number of allylic oxidation sites excluding steroid dienone is 1. The zero-order valence-electron chi connectivity index (χ0n) is 15.8. The van der Waals surface area contributed by atoms with Gasteiger partial charge in [-0.15, -0.1) is 0 Å². The molecule has 4 heteroatoms. The summed E-state index contributed by atoms with van der Waals surface area (Å²) in [7, 11) is 0. The van der Waals surface area contributed by atoms with Gasteiger partial charge in [-0.05, 0) is 31.6 Å². The number of carboxylic acid groups (broad SMARTS) is 1. The molecule has 1 aliphatic rings. The number of unbranched alkanes of at least 4 members (excludes halogenated alkanes) is 6. The largest absolute Gasteiger partial charge is 0.481 e. The highest BCUT2D eigenvalue weighted by Crippen LogP contribution is 2.34. The summed E-state index contributed by atoms with van der Waals surface area (Å²) in [5, 5.41) is 18.6. The molecule has 3 unspecified atom stereocenters. The number of carboxylic acids is 1. The van der Waals surface area contributed by atoms with Gasteiger partial charge in [0.2, 0.25) is 0 Å². The molecule has 0 saturated heterocycles. The molecular formula is C21H36O4. The standard InChI is InChI=1S/C21H36O4/c1-2-3-7-10-18(22)15-13-17-14-16-20(23)19(17)11-8-5-4-6-9-12-21(24)25/h13,15,17-19,22H,2-12,14,16H2,1H3,(H,24,25). The predicted molar refractivity (Wildman–Crippen MR) is 100 cm³/mol. The number of aliphatic carboxylic acids is 1. The van der Waals surface area contributed by atoms with Gasteiger partial charge in [-0.2, -0.15) is 0 Å². The van der Waals surface area contributed by atoms with Crippen molar-refractivity contribution < 1.29 is 19.8 Å². The number of carbonyl (C=O) groups is 2. The second kappa shape index (κ2) is 13.1.